The van der Waals surface area contributed by atoms with Gasteiger partial charge in [0.15, 0.2) is 15.7 Å². The molecule has 2 aromatic carbocycles. The Morgan fingerprint density at radius 2 is 1.77 bits per heavy atom. The molecule has 0 aliphatic rings. The maximum Gasteiger partial charge on any atom is 0.257 e. The molecule has 0 saturated carbocycles. The SMILES string of the molecule is CC(CNC(=O)C(C)S(=O)(=O)Cc1noc(-c2ccc(Cl)cc2)n1)c1ccccc1. The third-order valence-corrected chi connectivity index (χ3v) is 6.95. The fourth-order valence-corrected chi connectivity index (χ4v) is 4.05. The number of sulfone groups is 1. The third-order valence-electron chi connectivity index (χ3n) is 4.75. The van der Waals surface area contributed by atoms with Crippen molar-refractivity contribution >= 4 is 27.3 Å². The molecule has 0 aliphatic carbocycles. The zero-order valence-corrected chi connectivity index (χ0v) is 18.2. The summed E-state index contributed by atoms with van der Waals surface area (Å²) in [5.74, 6) is -0.807. The maximum atomic E-state index is 12.6. The molecule has 158 valence electrons. The van der Waals surface area contributed by atoms with E-state index in [1.54, 1.807) is 24.3 Å². The third kappa shape index (κ3) is 5.46. The zero-order valence-electron chi connectivity index (χ0n) is 16.6. The van der Waals surface area contributed by atoms with Gasteiger partial charge in [-0.2, -0.15) is 4.98 Å². The summed E-state index contributed by atoms with van der Waals surface area (Å²) >= 11 is 5.85. The Bertz CT molecular complexity index is 1100. The minimum atomic E-state index is -3.82. The maximum absolute atomic E-state index is 12.6. The molecule has 0 spiro atoms. The predicted molar refractivity (Wildman–Crippen MR) is 115 cm³/mol. The lowest BCUT2D eigenvalue weighted by atomic mass is 10.0. The number of nitrogens with zero attached hydrogens (tertiary/aromatic N) is 2. The summed E-state index contributed by atoms with van der Waals surface area (Å²) in [6.45, 7) is 3.66. The molecule has 0 radical (unpaired) electrons. The zero-order chi connectivity index (χ0) is 21.7. The number of carbonyl (C=O) groups excluding carboxylic acids is 1. The van der Waals surface area contributed by atoms with Crippen LogP contribution in [0.3, 0.4) is 0 Å². The first-order chi connectivity index (χ1) is 14.3. The van der Waals surface area contributed by atoms with E-state index < -0.39 is 26.7 Å². The number of hydrogen-bond acceptors (Lipinski definition) is 6. The van der Waals surface area contributed by atoms with Crippen molar-refractivity contribution in [2.45, 2.75) is 30.8 Å². The number of hydrogen-bond donors (Lipinski definition) is 1. The molecule has 9 heteroatoms. The van der Waals surface area contributed by atoms with Crippen LogP contribution in [0.1, 0.15) is 31.2 Å². The Kier molecular flexibility index (Phi) is 6.89. The minimum absolute atomic E-state index is 0.00254. The Morgan fingerprint density at radius 3 is 2.43 bits per heavy atom. The highest BCUT2D eigenvalue weighted by Gasteiger charge is 2.30. The number of rotatable bonds is 8. The van der Waals surface area contributed by atoms with Crippen LogP contribution >= 0.6 is 11.6 Å². The lowest BCUT2D eigenvalue weighted by Gasteiger charge is -2.16. The Morgan fingerprint density at radius 1 is 1.10 bits per heavy atom. The lowest BCUT2D eigenvalue weighted by Crippen LogP contribution is -2.40. The van der Waals surface area contributed by atoms with Gasteiger partial charge in [-0.1, -0.05) is 54.0 Å². The van der Waals surface area contributed by atoms with E-state index >= 15 is 0 Å². The van der Waals surface area contributed by atoms with Gasteiger partial charge in [0.1, 0.15) is 11.0 Å². The van der Waals surface area contributed by atoms with Crippen molar-refractivity contribution < 1.29 is 17.7 Å². The van der Waals surface area contributed by atoms with E-state index in [0.717, 1.165) is 5.56 Å². The quantitative estimate of drug-likeness (QED) is 0.565. The molecule has 30 heavy (non-hydrogen) atoms. The molecule has 0 saturated heterocycles. The van der Waals surface area contributed by atoms with Gasteiger partial charge in [-0.05, 0) is 42.7 Å². The number of nitrogens with one attached hydrogen (secondary N) is 1. The first-order valence-corrected chi connectivity index (χ1v) is 11.5. The summed E-state index contributed by atoms with van der Waals surface area (Å²) in [7, 11) is -3.82. The van der Waals surface area contributed by atoms with Crippen molar-refractivity contribution in [3.05, 3.63) is 71.0 Å². The van der Waals surface area contributed by atoms with Gasteiger partial charge in [0, 0.05) is 17.1 Å². The molecule has 2 unspecified atom stereocenters. The van der Waals surface area contributed by atoms with Crippen LogP contribution in [0.4, 0.5) is 0 Å². The predicted octanol–water partition coefficient (Wildman–Crippen LogP) is 3.61. The second-order valence-corrected chi connectivity index (χ2v) is 9.79. The number of benzene rings is 2. The molecule has 1 amide bonds. The number of halogens is 1. The van der Waals surface area contributed by atoms with E-state index in [-0.39, 0.29) is 17.6 Å². The molecular weight excluding hydrogens is 426 g/mol. The molecule has 1 aromatic heterocycles. The van der Waals surface area contributed by atoms with E-state index in [9.17, 15) is 13.2 Å². The lowest BCUT2D eigenvalue weighted by molar-refractivity contribution is -0.120. The molecule has 2 atom stereocenters. The summed E-state index contributed by atoms with van der Waals surface area (Å²) in [6.07, 6.45) is 0. The van der Waals surface area contributed by atoms with E-state index in [1.165, 1.54) is 6.92 Å². The average molecular weight is 448 g/mol. The number of amides is 1. The summed E-state index contributed by atoms with van der Waals surface area (Å²) in [6, 6.07) is 16.4. The van der Waals surface area contributed by atoms with Crippen LogP contribution in [0.5, 0.6) is 0 Å². The van der Waals surface area contributed by atoms with Gasteiger partial charge in [-0.15, -0.1) is 0 Å². The van der Waals surface area contributed by atoms with Gasteiger partial charge in [0.2, 0.25) is 5.91 Å². The van der Waals surface area contributed by atoms with Gasteiger partial charge < -0.3 is 9.84 Å². The summed E-state index contributed by atoms with van der Waals surface area (Å²) in [4.78, 5) is 16.5. The van der Waals surface area contributed by atoms with E-state index in [2.05, 4.69) is 15.5 Å². The van der Waals surface area contributed by atoms with Crippen LogP contribution in [0.15, 0.2) is 59.1 Å². The largest absolute Gasteiger partial charge is 0.354 e. The first kappa shape index (κ1) is 22.0. The first-order valence-electron chi connectivity index (χ1n) is 9.39. The van der Waals surface area contributed by atoms with Crippen molar-refractivity contribution in [2.75, 3.05) is 6.54 Å². The highest BCUT2D eigenvalue weighted by atomic mass is 35.5. The van der Waals surface area contributed by atoms with Crippen molar-refractivity contribution in [3.63, 3.8) is 0 Å². The molecule has 0 fully saturated rings. The van der Waals surface area contributed by atoms with Crippen LogP contribution < -0.4 is 5.32 Å². The van der Waals surface area contributed by atoms with Crippen molar-refractivity contribution in [1.29, 1.82) is 0 Å². The number of carbonyl (C=O) groups is 1. The molecule has 1 N–H and O–H groups in total. The molecular formula is C21H22ClN3O4S. The van der Waals surface area contributed by atoms with E-state index in [1.807, 2.05) is 37.3 Å². The molecule has 7 nitrogen and oxygen atoms in total. The van der Waals surface area contributed by atoms with Gasteiger partial charge in [-0.3, -0.25) is 4.79 Å². The van der Waals surface area contributed by atoms with Gasteiger partial charge in [0.05, 0.1) is 0 Å². The minimum Gasteiger partial charge on any atom is -0.354 e. The van der Waals surface area contributed by atoms with Crippen LogP contribution in [-0.2, 0) is 20.4 Å². The fraction of sp³-hybridized carbons (Fsp3) is 0.286. The highest BCUT2D eigenvalue weighted by molar-refractivity contribution is 7.92. The normalized spacial score (nSPS) is 13.6. The van der Waals surface area contributed by atoms with E-state index in [4.69, 9.17) is 16.1 Å². The highest BCUT2D eigenvalue weighted by Crippen LogP contribution is 2.21. The molecule has 0 bridgehead atoms. The van der Waals surface area contributed by atoms with Gasteiger partial charge >= 0.3 is 0 Å². The molecule has 3 rings (SSSR count). The van der Waals surface area contributed by atoms with Crippen LogP contribution in [0, 0.1) is 0 Å². The topological polar surface area (TPSA) is 102 Å². The monoisotopic (exact) mass is 447 g/mol. The smallest absolute Gasteiger partial charge is 0.257 e. The van der Waals surface area contributed by atoms with Crippen LogP contribution in [0.2, 0.25) is 5.02 Å². The Balaban J connectivity index is 1.60. The van der Waals surface area contributed by atoms with Crippen molar-refractivity contribution in [3.8, 4) is 11.5 Å². The number of aromatic nitrogens is 2. The molecule has 3 aromatic rings. The Hall–Kier alpha value is -2.71. The van der Waals surface area contributed by atoms with Gasteiger partial charge in [-0.25, -0.2) is 8.42 Å². The summed E-state index contributed by atoms with van der Waals surface area (Å²) < 4.78 is 30.4. The van der Waals surface area contributed by atoms with Crippen LogP contribution in [0.25, 0.3) is 11.5 Å². The molecule has 1 heterocycles. The van der Waals surface area contributed by atoms with Crippen molar-refractivity contribution in [1.82, 2.24) is 15.5 Å². The van der Waals surface area contributed by atoms with Crippen LogP contribution in [-0.4, -0.2) is 36.3 Å². The Labute approximate surface area is 180 Å². The second kappa shape index (κ2) is 9.40. The average Bonchev–Trinajstić information content (AvgIpc) is 3.20. The standard InChI is InChI=1S/C21H22ClN3O4S/c1-14(16-6-4-3-5-7-16)12-23-20(26)15(2)30(27,28)13-19-24-21(29-25-19)17-8-10-18(22)11-9-17/h3-11,14-15H,12-13H2,1-2H3,(H,23,26). The van der Waals surface area contributed by atoms with Crippen molar-refractivity contribution in [2.24, 2.45) is 0 Å². The van der Waals surface area contributed by atoms with Gasteiger partial charge in [0.25, 0.3) is 5.89 Å². The van der Waals surface area contributed by atoms with E-state index in [0.29, 0.717) is 17.1 Å². The summed E-state index contributed by atoms with van der Waals surface area (Å²) in [5, 5.41) is 5.76. The fourth-order valence-electron chi connectivity index (χ4n) is 2.79. The molecule has 0 aliphatic heterocycles. The second-order valence-electron chi connectivity index (χ2n) is 7.03. The summed E-state index contributed by atoms with van der Waals surface area (Å²) in [5.41, 5.74) is 1.69.